The summed E-state index contributed by atoms with van der Waals surface area (Å²) in [5.74, 6) is -0.695. The fraction of sp³-hybridized carbons (Fsp3) is 0.467. The molecule has 23 heavy (non-hydrogen) atoms. The van der Waals surface area contributed by atoms with Crippen LogP contribution >= 0.6 is 11.3 Å². The van der Waals surface area contributed by atoms with Crippen LogP contribution in [-0.2, 0) is 9.53 Å². The molecule has 0 unspecified atom stereocenters. The highest BCUT2D eigenvalue weighted by Crippen LogP contribution is 2.32. The average Bonchev–Trinajstić information content (AvgIpc) is 2.95. The van der Waals surface area contributed by atoms with Gasteiger partial charge in [-0.2, -0.15) is 0 Å². The molecule has 0 saturated carbocycles. The summed E-state index contributed by atoms with van der Waals surface area (Å²) in [7, 11) is 0. The fourth-order valence-corrected chi connectivity index (χ4v) is 3.15. The molecule has 2 rings (SSSR count). The smallest absolute Gasteiger partial charge is 0.339 e. The van der Waals surface area contributed by atoms with Crippen LogP contribution in [0.1, 0.15) is 37.0 Å². The van der Waals surface area contributed by atoms with Gasteiger partial charge in [-0.25, -0.2) is 14.8 Å². The number of aromatic nitrogens is 2. The molecular weight excluding hydrogens is 318 g/mol. The van der Waals surface area contributed by atoms with E-state index in [1.165, 1.54) is 17.7 Å². The number of nitrogens with zero attached hydrogens (tertiary/aromatic N) is 3. The Kier molecular flexibility index (Phi) is 5.86. The van der Waals surface area contributed by atoms with Gasteiger partial charge < -0.3 is 14.7 Å². The predicted octanol–water partition coefficient (Wildman–Crippen LogP) is 2.56. The summed E-state index contributed by atoms with van der Waals surface area (Å²) >= 11 is 1.35. The normalized spacial score (nSPS) is 10.7. The number of ether oxygens (including phenoxy) is 1. The van der Waals surface area contributed by atoms with Crippen LogP contribution in [0.2, 0.25) is 0 Å². The molecule has 0 saturated heterocycles. The molecule has 0 aromatic carbocycles. The van der Waals surface area contributed by atoms with Gasteiger partial charge in [0.2, 0.25) is 0 Å². The van der Waals surface area contributed by atoms with Crippen LogP contribution in [-0.4, -0.2) is 46.7 Å². The van der Waals surface area contributed by atoms with Crippen molar-refractivity contribution < 1.29 is 19.4 Å². The Morgan fingerprint density at radius 1 is 1.30 bits per heavy atom. The zero-order valence-electron chi connectivity index (χ0n) is 13.1. The number of rotatable bonds is 8. The first kappa shape index (κ1) is 17.1. The number of hydrogen-bond donors (Lipinski definition) is 1. The third-order valence-corrected chi connectivity index (χ3v) is 4.12. The van der Waals surface area contributed by atoms with Gasteiger partial charge in [-0.3, -0.25) is 4.79 Å². The molecule has 2 aromatic rings. The number of carboxylic acids is 1. The largest absolute Gasteiger partial charge is 0.481 e. The molecule has 2 heterocycles. The predicted molar refractivity (Wildman–Crippen MR) is 88.1 cm³/mol. The topological polar surface area (TPSA) is 92.6 Å². The van der Waals surface area contributed by atoms with Gasteiger partial charge in [0.25, 0.3) is 0 Å². The number of hydrogen-bond acceptors (Lipinski definition) is 7. The molecule has 0 radical (unpaired) electrons. The number of aliphatic carboxylic acids is 1. The molecule has 7 nitrogen and oxygen atoms in total. The lowest BCUT2D eigenvalue weighted by atomic mass is 10.2. The lowest BCUT2D eigenvalue weighted by molar-refractivity contribution is -0.136. The first-order chi connectivity index (χ1) is 11.1. The number of thiophene rings is 1. The van der Waals surface area contributed by atoms with Crippen LogP contribution in [0.25, 0.3) is 10.2 Å². The number of carbonyl (C=O) groups is 2. The van der Waals surface area contributed by atoms with E-state index in [-0.39, 0.29) is 13.0 Å². The van der Waals surface area contributed by atoms with Crippen molar-refractivity contribution in [3.63, 3.8) is 0 Å². The van der Waals surface area contributed by atoms with E-state index in [4.69, 9.17) is 9.84 Å². The number of fused-ring (bicyclic) bond motifs is 1. The van der Waals surface area contributed by atoms with Crippen molar-refractivity contribution in [2.24, 2.45) is 0 Å². The molecule has 124 valence electrons. The summed E-state index contributed by atoms with van der Waals surface area (Å²) in [6, 6.07) is 0. The Morgan fingerprint density at radius 3 is 2.74 bits per heavy atom. The second kappa shape index (κ2) is 7.87. The molecule has 0 atom stereocenters. The minimum absolute atomic E-state index is 0.00434. The van der Waals surface area contributed by atoms with Crippen LogP contribution in [0.3, 0.4) is 0 Å². The summed E-state index contributed by atoms with van der Waals surface area (Å²) in [4.78, 5) is 34.1. The lowest BCUT2D eigenvalue weighted by Crippen LogP contribution is -2.28. The SMILES string of the molecule is CCCN(CCC(=O)O)c1ncnc2scc(C(=O)OCC)c12. The Bertz CT molecular complexity index is 701. The fourth-order valence-electron chi connectivity index (χ4n) is 2.28. The molecular formula is C15H19N3O4S. The van der Waals surface area contributed by atoms with Crippen molar-refractivity contribution in [3.05, 3.63) is 17.3 Å². The van der Waals surface area contributed by atoms with E-state index in [1.54, 1.807) is 12.3 Å². The minimum atomic E-state index is -0.868. The number of carbonyl (C=O) groups excluding carboxylic acids is 1. The average molecular weight is 337 g/mol. The first-order valence-corrected chi connectivity index (χ1v) is 8.32. The molecule has 0 amide bonds. The van der Waals surface area contributed by atoms with E-state index in [0.29, 0.717) is 34.7 Å². The van der Waals surface area contributed by atoms with E-state index in [1.807, 2.05) is 11.8 Å². The lowest BCUT2D eigenvalue weighted by Gasteiger charge is -2.23. The second-order valence-electron chi connectivity index (χ2n) is 4.88. The maximum Gasteiger partial charge on any atom is 0.339 e. The maximum absolute atomic E-state index is 12.1. The molecule has 0 aliphatic heterocycles. The molecule has 0 aliphatic rings. The van der Waals surface area contributed by atoms with Crippen molar-refractivity contribution >= 4 is 39.3 Å². The minimum Gasteiger partial charge on any atom is -0.481 e. The quantitative estimate of drug-likeness (QED) is 0.740. The van der Waals surface area contributed by atoms with Crippen molar-refractivity contribution in [2.45, 2.75) is 26.7 Å². The van der Waals surface area contributed by atoms with Gasteiger partial charge in [-0.05, 0) is 13.3 Å². The second-order valence-corrected chi connectivity index (χ2v) is 5.74. The molecule has 0 fully saturated rings. The zero-order valence-corrected chi connectivity index (χ0v) is 13.9. The van der Waals surface area contributed by atoms with Gasteiger partial charge in [0.1, 0.15) is 17.0 Å². The summed E-state index contributed by atoms with van der Waals surface area (Å²) < 4.78 is 5.09. The molecule has 0 aliphatic carbocycles. The van der Waals surface area contributed by atoms with Gasteiger partial charge in [-0.15, -0.1) is 11.3 Å². The van der Waals surface area contributed by atoms with Crippen molar-refractivity contribution in [1.29, 1.82) is 0 Å². The van der Waals surface area contributed by atoms with E-state index in [9.17, 15) is 9.59 Å². The highest BCUT2D eigenvalue weighted by atomic mass is 32.1. The van der Waals surface area contributed by atoms with Crippen molar-refractivity contribution in [3.8, 4) is 0 Å². The van der Waals surface area contributed by atoms with Crippen LogP contribution < -0.4 is 4.90 Å². The van der Waals surface area contributed by atoms with Gasteiger partial charge in [0.15, 0.2) is 0 Å². The highest BCUT2D eigenvalue weighted by Gasteiger charge is 2.21. The standard InChI is InChI=1S/C15H19N3O4S/c1-3-6-18(7-5-11(19)20)13-12-10(15(21)22-4-2)8-23-14(12)17-9-16-13/h8-9H,3-7H2,1-2H3,(H,19,20). The van der Waals surface area contributed by atoms with E-state index in [2.05, 4.69) is 9.97 Å². The monoisotopic (exact) mass is 337 g/mol. The third kappa shape index (κ3) is 3.95. The van der Waals surface area contributed by atoms with E-state index >= 15 is 0 Å². The Labute approximate surface area is 137 Å². The van der Waals surface area contributed by atoms with Crippen molar-refractivity contribution in [1.82, 2.24) is 9.97 Å². The Morgan fingerprint density at radius 2 is 2.09 bits per heavy atom. The van der Waals surface area contributed by atoms with Gasteiger partial charge >= 0.3 is 11.9 Å². The maximum atomic E-state index is 12.1. The summed E-state index contributed by atoms with van der Waals surface area (Å²) in [5.41, 5.74) is 0.430. The van der Waals surface area contributed by atoms with Crippen LogP contribution in [0.5, 0.6) is 0 Å². The summed E-state index contributed by atoms with van der Waals surface area (Å²) in [6.45, 7) is 5.02. The Balaban J connectivity index is 2.46. The zero-order chi connectivity index (χ0) is 16.8. The van der Waals surface area contributed by atoms with Crippen LogP contribution in [0, 0.1) is 0 Å². The highest BCUT2D eigenvalue weighted by molar-refractivity contribution is 7.17. The summed E-state index contributed by atoms with van der Waals surface area (Å²) in [6.07, 6.45) is 2.28. The number of carboxylic acid groups (broad SMARTS) is 1. The molecule has 0 spiro atoms. The van der Waals surface area contributed by atoms with E-state index < -0.39 is 11.9 Å². The summed E-state index contributed by atoms with van der Waals surface area (Å²) in [5, 5.41) is 11.3. The Hall–Kier alpha value is -2.22. The van der Waals surface area contributed by atoms with Gasteiger partial charge in [0.05, 0.1) is 24.0 Å². The third-order valence-electron chi connectivity index (χ3n) is 3.23. The number of esters is 1. The van der Waals surface area contributed by atoms with Crippen LogP contribution in [0.4, 0.5) is 5.82 Å². The molecule has 0 bridgehead atoms. The van der Waals surface area contributed by atoms with E-state index in [0.717, 1.165) is 6.42 Å². The van der Waals surface area contributed by atoms with Crippen molar-refractivity contribution in [2.75, 3.05) is 24.6 Å². The first-order valence-electron chi connectivity index (χ1n) is 7.44. The number of anilines is 1. The molecule has 8 heteroatoms. The molecule has 1 N–H and O–H groups in total. The molecule has 2 aromatic heterocycles. The van der Waals surface area contributed by atoms with Crippen LogP contribution in [0.15, 0.2) is 11.7 Å². The van der Waals surface area contributed by atoms with Gasteiger partial charge in [0, 0.05) is 18.5 Å². The van der Waals surface area contributed by atoms with Gasteiger partial charge in [-0.1, -0.05) is 6.92 Å².